The number of halogens is 1. The quantitative estimate of drug-likeness (QED) is 0.836. The van der Waals surface area contributed by atoms with Crippen molar-refractivity contribution < 1.29 is 9.94 Å². The van der Waals surface area contributed by atoms with Gasteiger partial charge in [-0.05, 0) is 34.8 Å². The molecule has 3 nitrogen and oxygen atoms in total. The fourth-order valence-corrected chi connectivity index (χ4v) is 2.35. The lowest BCUT2D eigenvalue weighted by Gasteiger charge is -2.12. The SMILES string of the molecule is Oc1c(Br)cccc1CNOC1CCCC1. The Balaban J connectivity index is 1.82. The monoisotopic (exact) mass is 285 g/mol. The molecule has 0 saturated heterocycles. The highest BCUT2D eigenvalue weighted by Crippen LogP contribution is 2.27. The molecule has 88 valence electrons. The van der Waals surface area contributed by atoms with E-state index in [9.17, 15) is 5.11 Å². The van der Waals surface area contributed by atoms with Gasteiger partial charge in [-0.25, -0.2) is 0 Å². The fraction of sp³-hybridized carbons (Fsp3) is 0.500. The Hall–Kier alpha value is -0.580. The van der Waals surface area contributed by atoms with E-state index in [1.54, 1.807) is 0 Å². The Bertz CT molecular complexity index is 351. The molecule has 1 saturated carbocycles. The zero-order chi connectivity index (χ0) is 11.4. The van der Waals surface area contributed by atoms with E-state index in [2.05, 4.69) is 21.4 Å². The number of rotatable bonds is 4. The van der Waals surface area contributed by atoms with Crippen molar-refractivity contribution in [2.75, 3.05) is 0 Å². The standard InChI is InChI=1S/C12H16BrNO2/c13-11-7-3-4-9(12(11)15)8-14-16-10-5-1-2-6-10/h3-4,7,10,14-15H,1-2,5-6,8H2. The van der Waals surface area contributed by atoms with Gasteiger partial charge in [0.1, 0.15) is 5.75 Å². The highest BCUT2D eigenvalue weighted by atomic mass is 79.9. The van der Waals surface area contributed by atoms with Crippen molar-refractivity contribution in [3.05, 3.63) is 28.2 Å². The van der Waals surface area contributed by atoms with E-state index in [4.69, 9.17) is 4.84 Å². The molecule has 0 radical (unpaired) electrons. The van der Waals surface area contributed by atoms with Crippen LogP contribution in [0.3, 0.4) is 0 Å². The zero-order valence-electron chi connectivity index (χ0n) is 9.08. The Morgan fingerprint density at radius 2 is 2.12 bits per heavy atom. The Labute approximate surface area is 104 Å². The second-order valence-electron chi connectivity index (χ2n) is 4.09. The number of nitrogens with one attached hydrogen (secondary N) is 1. The van der Waals surface area contributed by atoms with Crippen LogP contribution >= 0.6 is 15.9 Å². The summed E-state index contributed by atoms with van der Waals surface area (Å²) < 4.78 is 0.715. The average Bonchev–Trinajstić information content (AvgIpc) is 2.77. The van der Waals surface area contributed by atoms with E-state index in [1.807, 2.05) is 18.2 Å². The van der Waals surface area contributed by atoms with Gasteiger partial charge in [-0.15, -0.1) is 0 Å². The first-order chi connectivity index (χ1) is 7.77. The maximum absolute atomic E-state index is 9.75. The third-order valence-electron chi connectivity index (χ3n) is 2.89. The summed E-state index contributed by atoms with van der Waals surface area (Å²) >= 11 is 3.29. The summed E-state index contributed by atoms with van der Waals surface area (Å²) in [5, 5.41) is 9.75. The topological polar surface area (TPSA) is 41.5 Å². The molecule has 0 heterocycles. The molecule has 0 aromatic heterocycles. The summed E-state index contributed by atoms with van der Waals surface area (Å²) in [6.45, 7) is 0.530. The van der Waals surface area contributed by atoms with E-state index < -0.39 is 0 Å². The largest absolute Gasteiger partial charge is 0.506 e. The number of hydroxylamine groups is 1. The van der Waals surface area contributed by atoms with Crippen molar-refractivity contribution in [3.8, 4) is 5.75 Å². The highest BCUT2D eigenvalue weighted by Gasteiger charge is 2.15. The molecule has 0 atom stereocenters. The van der Waals surface area contributed by atoms with Gasteiger partial charge >= 0.3 is 0 Å². The molecule has 1 aromatic carbocycles. The van der Waals surface area contributed by atoms with Crippen LogP contribution in [0, 0.1) is 0 Å². The first-order valence-corrected chi connectivity index (χ1v) is 6.41. The third kappa shape index (κ3) is 2.97. The van der Waals surface area contributed by atoms with Crippen LogP contribution in [0.4, 0.5) is 0 Å². The number of phenolic OH excluding ortho intramolecular Hbond substituents is 1. The van der Waals surface area contributed by atoms with Crippen LogP contribution < -0.4 is 5.48 Å². The van der Waals surface area contributed by atoms with E-state index in [1.165, 1.54) is 12.8 Å². The predicted octanol–water partition coefficient (Wildman–Crippen LogP) is 3.12. The molecule has 0 aliphatic heterocycles. The summed E-state index contributed by atoms with van der Waals surface area (Å²) in [5.41, 5.74) is 3.77. The smallest absolute Gasteiger partial charge is 0.134 e. The van der Waals surface area contributed by atoms with Gasteiger partial charge in [-0.1, -0.05) is 25.0 Å². The predicted molar refractivity (Wildman–Crippen MR) is 66.0 cm³/mol. The number of phenols is 1. The van der Waals surface area contributed by atoms with E-state index >= 15 is 0 Å². The van der Waals surface area contributed by atoms with Crippen molar-refractivity contribution in [1.82, 2.24) is 5.48 Å². The third-order valence-corrected chi connectivity index (χ3v) is 3.53. The van der Waals surface area contributed by atoms with E-state index in [0.717, 1.165) is 18.4 Å². The second kappa shape index (κ2) is 5.66. The van der Waals surface area contributed by atoms with Crippen molar-refractivity contribution in [2.24, 2.45) is 0 Å². The normalized spacial score (nSPS) is 16.8. The summed E-state index contributed by atoms with van der Waals surface area (Å²) in [5.74, 6) is 0.282. The second-order valence-corrected chi connectivity index (χ2v) is 4.95. The molecular weight excluding hydrogens is 270 g/mol. The molecule has 0 bridgehead atoms. The molecule has 1 fully saturated rings. The van der Waals surface area contributed by atoms with Gasteiger partial charge in [-0.3, -0.25) is 4.84 Å². The summed E-state index contributed by atoms with van der Waals surface area (Å²) in [6, 6.07) is 5.60. The number of para-hydroxylation sites is 1. The van der Waals surface area contributed by atoms with Crippen LogP contribution in [0.1, 0.15) is 31.2 Å². The Kier molecular flexibility index (Phi) is 4.21. The number of aromatic hydroxyl groups is 1. The molecule has 2 rings (SSSR count). The summed E-state index contributed by atoms with van der Waals surface area (Å²) in [6.07, 6.45) is 5.13. The maximum Gasteiger partial charge on any atom is 0.134 e. The lowest BCUT2D eigenvalue weighted by molar-refractivity contribution is -0.0246. The van der Waals surface area contributed by atoms with Crippen LogP contribution in [0.5, 0.6) is 5.75 Å². The molecule has 0 spiro atoms. The van der Waals surface area contributed by atoms with Gasteiger partial charge in [0.25, 0.3) is 0 Å². The molecule has 1 aliphatic carbocycles. The Morgan fingerprint density at radius 3 is 2.88 bits per heavy atom. The first-order valence-electron chi connectivity index (χ1n) is 5.62. The van der Waals surface area contributed by atoms with Crippen molar-refractivity contribution in [2.45, 2.75) is 38.3 Å². The molecular formula is C12H16BrNO2. The van der Waals surface area contributed by atoms with Gasteiger partial charge in [0.05, 0.1) is 10.6 Å². The van der Waals surface area contributed by atoms with Gasteiger partial charge in [0, 0.05) is 12.1 Å². The van der Waals surface area contributed by atoms with E-state index in [-0.39, 0.29) is 5.75 Å². The van der Waals surface area contributed by atoms with Crippen LogP contribution in [-0.2, 0) is 11.4 Å². The average molecular weight is 286 g/mol. The number of benzene rings is 1. The summed E-state index contributed by atoms with van der Waals surface area (Å²) in [4.78, 5) is 5.53. The van der Waals surface area contributed by atoms with Gasteiger partial charge in [-0.2, -0.15) is 5.48 Å². The van der Waals surface area contributed by atoms with Crippen LogP contribution in [-0.4, -0.2) is 11.2 Å². The molecule has 1 aliphatic rings. The van der Waals surface area contributed by atoms with Gasteiger partial charge < -0.3 is 5.11 Å². The van der Waals surface area contributed by atoms with Crippen molar-refractivity contribution in [1.29, 1.82) is 0 Å². The van der Waals surface area contributed by atoms with Crippen molar-refractivity contribution >= 4 is 15.9 Å². The van der Waals surface area contributed by atoms with Gasteiger partial charge in [0.2, 0.25) is 0 Å². The zero-order valence-corrected chi connectivity index (χ0v) is 10.7. The molecule has 2 N–H and O–H groups in total. The first kappa shape index (κ1) is 11.9. The van der Waals surface area contributed by atoms with Gasteiger partial charge in [0.15, 0.2) is 0 Å². The molecule has 1 aromatic rings. The molecule has 0 unspecified atom stereocenters. The van der Waals surface area contributed by atoms with Crippen LogP contribution in [0.2, 0.25) is 0 Å². The van der Waals surface area contributed by atoms with Crippen LogP contribution in [0.15, 0.2) is 22.7 Å². The number of hydrogen-bond acceptors (Lipinski definition) is 3. The molecule has 0 amide bonds. The van der Waals surface area contributed by atoms with Crippen LogP contribution in [0.25, 0.3) is 0 Å². The molecule has 4 heteroatoms. The Morgan fingerprint density at radius 1 is 1.38 bits per heavy atom. The highest BCUT2D eigenvalue weighted by molar-refractivity contribution is 9.10. The minimum absolute atomic E-state index is 0.282. The fourth-order valence-electron chi connectivity index (χ4n) is 1.95. The molecule has 16 heavy (non-hydrogen) atoms. The lowest BCUT2D eigenvalue weighted by atomic mass is 10.2. The van der Waals surface area contributed by atoms with Crippen molar-refractivity contribution in [3.63, 3.8) is 0 Å². The number of hydrogen-bond donors (Lipinski definition) is 2. The maximum atomic E-state index is 9.75. The lowest BCUT2D eigenvalue weighted by Crippen LogP contribution is -2.21. The minimum atomic E-state index is 0.282. The van der Waals surface area contributed by atoms with E-state index in [0.29, 0.717) is 17.1 Å². The minimum Gasteiger partial charge on any atom is -0.506 e. The summed E-state index contributed by atoms with van der Waals surface area (Å²) in [7, 11) is 0.